The highest BCUT2D eigenvalue weighted by molar-refractivity contribution is 5.44. The first-order chi connectivity index (χ1) is 17.7. The average Bonchev–Trinajstić information content (AvgIpc) is 3.28. The highest BCUT2D eigenvalue weighted by atomic mass is 19.4. The molecule has 2 atom stereocenters. The predicted octanol–water partition coefficient (Wildman–Crippen LogP) is 3.90. The lowest BCUT2D eigenvalue weighted by Gasteiger charge is -2.74. The average molecular weight is 546 g/mol. The number of tetrazole rings is 1. The van der Waals surface area contributed by atoms with Crippen LogP contribution in [-0.2, 0) is 17.6 Å². The second kappa shape index (κ2) is 8.63. The van der Waals surface area contributed by atoms with Crippen molar-refractivity contribution < 1.29 is 45.7 Å². The summed E-state index contributed by atoms with van der Waals surface area (Å²) in [5.74, 6) is -6.16. The van der Waals surface area contributed by atoms with Gasteiger partial charge < -0.3 is 14.9 Å². The summed E-state index contributed by atoms with van der Waals surface area (Å²) in [6.45, 7) is -1.89. The normalized spacial score (nSPS) is 25.2. The Morgan fingerprint density at radius 3 is 2.21 bits per heavy atom. The maximum atomic E-state index is 16.2. The minimum absolute atomic E-state index is 0.0548. The lowest BCUT2D eigenvalue weighted by atomic mass is 9.30. The third kappa shape index (κ3) is 4.01. The fourth-order valence-corrected chi connectivity index (χ4v) is 5.71. The third-order valence-electron chi connectivity index (χ3n) is 7.63. The number of hydrogen-bond donors (Lipinski definition) is 2. The zero-order valence-electron chi connectivity index (χ0n) is 19.5. The molecule has 3 aromatic rings. The molecule has 14 heteroatoms. The first kappa shape index (κ1) is 26.4. The van der Waals surface area contributed by atoms with Gasteiger partial charge in [-0.05, 0) is 64.9 Å². The van der Waals surface area contributed by atoms with E-state index in [1.165, 1.54) is 12.1 Å². The third-order valence-corrected chi connectivity index (χ3v) is 7.63. The Kier molecular flexibility index (Phi) is 5.98. The SMILES string of the molecule is O[C@@H](COc1ccc(C23CC(C(F)(F)[C@@](O)(Cn4cnnn4)c4ccc(F)cc4F)(C2)C3)cc1)C(F)(F)F. The molecule has 3 aliphatic carbocycles. The minimum Gasteiger partial charge on any atom is -0.491 e. The number of rotatable bonds is 9. The zero-order chi connectivity index (χ0) is 27.6. The number of aliphatic hydroxyl groups excluding tert-OH is 1. The summed E-state index contributed by atoms with van der Waals surface area (Å²) in [6.07, 6.45) is -6.65. The zero-order valence-corrected chi connectivity index (χ0v) is 19.5. The van der Waals surface area contributed by atoms with E-state index in [1.54, 1.807) is 12.1 Å². The number of aliphatic hydroxyl groups is 2. The molecule has 38 heavy (non-hydrogen) atoms. The number of benzene rings is 2. The molecule has 204 valence electrons. The Hall–Kier alpha value is -3.26. The molecule has 0 radical (unpaired) electrons. The summed E-state index contributed by atoms with van der Waals surface area (Å²) in [7, 11) is 0. The van der Waals surface area contributed by atoms with Crippen molar-refractivity contribution in [3.05, 3.63) is 71.6 Å². The van der Waals surface area contributed by atoms with Crippen LogP contribution in [0.3, 0.4) is 0 Å². The quantitative estimate of drug-likeness (QED) is 0.396. The fourth-order valence-electron chi connectivity index (χ4n) is 5.71. The van der Waals surface area contributed by atoms with E-state index in [1.807, 2.05) is 0 Å². The number of alkyl halides is 5. The van der Waals surface area contributed by atoms with Crippen LogP contribution in [0.4, 0.5) is 30.7 Å². The van der Waals surface area contributed by atoms with Crippen molar-refractivity contribution in [2.24, 2.45) is 5.41 Å². The van der Waals surface area contributed by atoms with Crippen molar-refractivity contribution in [3.8, 4) is 5.75 Å². The molecule has 2 N–H and O–H groups in total. The molecule has 0 unspecified atom stereocenters. The molecule has 0 spiro atoms. The smallest absolute Gasteiger partial charge is 0.417 e. The van der Waals surface area contributed by atoms with E-state index >= 15 is 8.78 Å². The van der Waals surface area contributed by atoms with Crippen molar-refractivity contribution in [2.45, 2.75) is 55.0 Å². The van der Waals surface area contributed by atoms with Gasteiger partial charge in [-0.3, -0.25) is 0 Å². The Balaban J connectivity index is 1.35. The number of hydrogen-bond acceptors (Lipinski definition) is 6. The van der Waals surface area contributed by atoms with Crippen LogP contribution in [0.25, 0.3) is 0 Å². The minimum atomic E-state index is -4.82. The van der Waals surface area contributed by atoms with Gasteiger partial charge in [0.1, 0.15) is 30.3 Å². The van der Waals surface area contributed by atoms with E-state index < -0.39 is 65.0 Å². The van der Waals surface area contributed by atoms with E-state index in [0.29, 0.717) is 11.6 Å². The number of halogens is 7. The largest absolute Gasteiger partial charge is 0.491 e. The fraction of sp³-hybridized carbons (Fsp3) is 0.458. The van der Waals surface area contributed by atoms with Crippen LogP contribution in [0.1, 0.15) is 30.4 Å². The molecule has 3 aliphatic rings. The van der Waals surface area contributed by atoms with E-state index in [9.17, 15) is 27.1 Å². The van der Waals surface area contributed by atoms with Crippen molar-refractivity contribution in [2.75, 3.05) is 6.61 Å². The molecule has 7 nitrogen and oxygen atoms in total. The first-order valence-electron chi connectivity index (χ1n) is 11.5. The highest BCUT2D eigenvalue weighted by Crippen LogP contribution is 2.80. The molecule has 2 bridgehead atoms. The van der Waals surface area contributed by atoms with E-state index in [4.69, 9.17) is 9.84 Å². The van der Waals surface area contributed by atoms with Gasteiger partial charge >= 0.3 is 6.18 Å². The van der Waals surface area contributed by atoms with Gasteiger partial charge in [-0.2, -0.15) is 13.2 Å². The highest BCUT2D eigenvalue weighted by Gasteiger charge is 2.82. The van der Waals surface area contributed by atoms with Crippen LogP contribution in [0.15, 0.2) is 48.8 Å². The number of ether oxygens (including phenoxy) is 1. The molecule has 6 rings (SSSR count). The monoisotopic (exact) mass is 546 g/mol. The summed E-state index contributed by atoms with van der Waals surface area (Å²) in [5.41, 5.74) is -5.60. The van der Waals surface area contributed by atoms with E-state index in [-0.39, 0.29) is 25.0 Å². The second-order valence-corrected chi connectivity index (χ2v) is 10.1. The van der Waals surface area contributed by atoms with Crippen molar-refractivity contribution in [3.63, 3.8) is 0 Å². The van der Waals surface area contributed by atoms with Crippen molar-refractivity contribution in [1.29, 1.82) is 0 Å². The molecule has 0 saturated heterocycles. The van der Waals surface area contributed by atoms with Gasteiger partial charge in [0.2, 0.25) is 0 Å². The molecular formula is C24H21F7N4O3. The van der Waals surface area contributed by atoms with Crippen LogP contribution in [0.2, 0.25) is 0 Å². The summed E-state index contributed by atoms with van der Waals surface area (Å²) in [6, 6.07) is 7.82. The van der Waals surface area contributed by atoms with Gasteiger partial charge in [-0.15, -0.1) is 5.10 Å². The topological polar surface area (TPSA) is 93.3 Å². The molecule has 0 aliphatic heterocycles. The summed E-state index contributed by atoms with van der Waals surface area (Å²) >= 11 is 0. The summed E-state index contributed by atoms with van der Waals surface area (Å²) in [4.78, 5) is 0. The molecular weight excluding hydrogens is 525 g/mol. The molecule has 1 heterocycles. The van der Waals surface area contributed by atoms with Gasteiger partial charge in [-0.1, -0.05) is 12.1 Å². The molecule has 0 amide bonds. The van der Waals surface area contributed by atoms with Crippen molar-refractivity contribution >= 4 is 0 Å². The second-order valence-electron chi connectivity index (χ2n) is 10.1. The number of nitrogens with zero attached hydrogens (tertiary/aromatic N) is 4. The Labute approximate surface area is 210 Å². The maximum Gasteiger partial charge on any atom is 0.417 e. The number of aromatic nitrogens is 4. The van der Waals surface area contributed by atoms with Gasteiger partial charge in [-0.25, -0.2) is 22.2 Å². The van der Waals surface area contributed by atoms with E-state index in [2.05, 4.69) is 15.5 Å². The lowest BCUT2D eigenvalue weighted by Crippen LogP contribution is -2.76. The van der Waals surface area contributed by atoms with Gasteiger partial charge in [0.15, 0.2) is 11.7 Å². The predicted molar refractivity (Wildman–Crippen MR) is 115 cm³/mol. The Bertz CT molecular complexity index is 1300. The standard InChI is InChI=1S/C24H21F7N4O3/c25-15-3-6-17(18(26)7-15)22(37,12-35-13-32-33-34-35)24(30,31)21-9-20(10-21,11-21)14-1-4-16(5-2-14)38-8-19(36)23(27,28)29/h1-7,13,19,36-37H,8-12H2/t19-,20?,21?,22+/m0/s1. The van der Waals surface area contributed by atoms with Gasteiger partial charge in [0, 0.05) is 17.0 Å². The maximum absolute atomic E-state index is 16.2. The first-order valence-corrected chi connectivity index (χ1v) is 11.5. The van der Waals surface area contributed by atoms with Crippen molar-refractivity contribution in [1.82, 2.24) is 20.2 Å². The lowest BCUT2D eigenvalue weighted by molar-refractivity contribution is -0.347. The van der Waals surface area contributed by atoms with E-state index in [0.717, 1.165) is 23.1 Å². The molecule has 3 fully saturated rings. The Morgan fingerprint density at radius 1 is 1.00 bits per heavy atom. The van der Waals surface area contributed by atoms with Crippen LogP contribution in [0, 0.1) is 17.0 Å². The molecule has 2 aromatic carbocycles. The van der Waals surface area contributed by atoms with Crippen LogP contribution >= 0.6 is 0 Å². The van der Waals surface area contributed by atoms with Crippen LogP contribution < -0.4 is 4.74 Å². The van der Waals surface area contributed by atoms with Crippen LogP contribution in [-0.4, -0.2) is 55.2 Å². The Morgan fingerprint density at radius 2 is 1.66 bits per heavy atom. The van der Waals surface area contributed by atoms with Gasteiger partial charge in [0.05, 0.1) is 6.54 Å². The van der Waals surface area contributed by atoms with Gasteiger partial charge in [0.25, 0.3) is 5.92 Å². The molecule has 3 saturated carbocycles. The van der Waals surface area contributed by atoms with Crippen LogP contribution in [0.5, 0.6) is 5.75 Å². The molecule has 1 aromatic heterocycles. The summed E-state index contributed by atoms with van der Waals surface area (Å²) in [5, 5.41) is 30.7. The summed E-state index contributed by atoms with van der Waals surface area (Å²) < 4.78 is 104.